The number of nitrogens with zero attached hydrogens (tertiary/aromatic N) is 5. The van der Waals surface area contributed by atoms with Crippen LogP contribution in [-0.4, -0.2) is 22.8 Å². The highest BCUT2D eigenvalue weighted by molar-refractivity contribution is 7.09. The zero-order valence-corrected chi connectivity index (χ0v) is 59.9. The zero-order valence-electron chi connectivity index (χ0n) is 59.9. The Kier molecular flexibility index (Phi) is 13.2. The molecular weight excluding hydrogens is 1220 g/mol. The Labute approximate surface area is 594 Å². The van der Waals surface area contributed by atoms with Gasteiger partial charge in [-0.15, -0.1) is 0 Å². The average Bonchev–Trinajstić information content (AvgIpc) is 1.07. The van der Waals surface area contributed by atoms with Crippen LogP contribution in [0.15, 0.2) is 273 Å². The molecule has 6 heterocycles. The summed E-state index contributed by atoms with van der Waals surface area (Å²) in [5.41, 5.74) is 35.2. The number of anilines is 7. The third kappa shape index (κ3) is 9.17. The van der Waals surface area contributed by atoms with Crippen molar-refractivity contribution in [1.29, 1.82) is 0 Å². The number of hydrogen-bond donors (Lipinski definition) is 0. The molecule has 0 spiro atoms. The van der Waals surface area contributed by atoms with Crippen LogP contribution in [0.2, 0.25) is 0 Å². The van der Waals surface area contributed by atoms with Crippen LogP contribution in [0.4, 0.5) is 39.8 Å². The molecule has 15 aromatic rings. The quantitative estimate of drug-likeness (QED) is 0.155. The largest absolute Gasteiger partial charge is 0.444 e. The fourth-order valence-corrected chi connectivity index (χ4v) is 17.6. The fourth-order valence-electron chi connectivity index (χ4n) is 17.6. The number of rotatable bonds is 6. The molecule has 0 unspecified atom stereocenters. The Morgan fingerprint density at radius 2 is 0.554 bits per heavy atom. The van der Waals surface area contributed by atoms with E-state index in [2.05, 4.69) is 380 Å². The second-order valence-corrected chi connectivity index (χ2v) is 32.9. The molecule has 0 fully saturated rings. The predicted octanol–water partition coefficient (Wildman–Crippen LogP) is 22.4. The SMILES string of the molecule is CC(C)(C)c1ccc2c(c1)c1cc(C(C)(C)C)ccc1n2-c1cc2c3c(c1)N(c1ccccc1-c1ccccc1)c1ccccc1B3N1B3c4ccccc4N(c4ccccc4-c4ccccc4)c4cc(-n5c6ccc(C(C)(C)C)cc6c6cc(C(C)(C)C)ccc65)cc(c43)-c3cccc-2c31. The van der Waals surface area contributed by atoms with Gasteiger partial charge in [0, 0.05) is 83.6 Å². The van der Waals surface area contributed by atoms with Crippen molar-refractivity contribution in [3.05, 3.63) is 295 Å². The maximum atomic E-state index is 2.89. The average molecular weight is 1300 g/mol. The summed E-state index contributed by atoms with van der Waals surface area (Å²) in [6.45, 7) is 27.6. The second-order valence-electron chi connectivity index (χ2n) is 32.9. The van der Waals surface area contributed by atoms with E-state index in [4.69, 9.17) is 0 Å². The standard InChI is InChI=1S/C94H81B2N5/c1-91(2,3)60-42-46-80-70(50-60)71-51-61(92(4,5)6)43-47-81(71)97(80)64-54-74-68-34-27-35-69-75-55-65(98-82-48-44-62(93(7,8)9)52-72(82)73-53-63(94(10,11)12)45-49-83(73)98)57-87-89(75)96(77-37-22-26-41-85(77)100(87)79-39-24-20-33-67(79)59-30-17-14-18-31-59)101(90(68)69)95-76-36-21-25-40-84(76)99(86(56-64)88(74)95)78-38-23-19-32-66(78)58-28-15-13-16-29-58/h13-57H,1-12H3. The van der Waals surface area contributed by atoms with E-state index in [1.54, 1.807) is 0 Å². The Bertz CT molecular complexity index is 5480. The molecule has 7 heteroatoms. The van der Waals surface area contributed by atoms with Gasteiger partial charge in [-0.3, -0.25) is 0 Å². The first-order valence-electron chi connectivity index (χ1n) is 36.2. The molecule has 2 aromatic heterocycles. The molecule has 0 saturated heterocycles. The van der Waals surface area contributed by atoms with Crippen molar-refractivity contribution in [3.63, 3.8) is 0 Å². The molecule has 0 aliphatic carbocycles. The van der Waals surface area contributed by atoms with E-state index in [9.17, 15) is 0 Å². The molecule has 0 N–H and O–H groups in total. The summed E-state index contributed by atoms with van der Waals surface area (Å²) in [5, 5.41) is 5.09. The van der Waals surface area contributed by atoms with Gasteiger partial charge >= 0.3 is 13.7 Å². The van der Waals surface area contributed by atoms with Gasteiger partial charge in [0.25, 0.3) is 0 Å². The van der Waals surface area contributed by atoms with Gasteiger partial charge in [-0.1, -0.05) is 259 Å². The van der Waals surface area contributed by atoms with Gasteiger partial charge in [0.1, 0.15) is 0 Å². The van der Waals surface area contributed by atoms with E-state index in [-0.39, 0.29) is 35.4 Å². The lowest BCUT2D eigenvalue weighted by atomic mass is 9.32. The van der Waals surface area contributed by atoms with Gasteiger partial charge in [-0.25, -0.2) is 0 Å². The van der Waals surface area contributed by atoms with E-state index in [1.807, 2.05) is 0 Å². The summed E-state index contributed by atoms with van der Waals surface area (Å²) >= 11 is 0. The summed E-state index contributed by atoms with van der Waals surface area (Å²) in [6.07, 6.45) is 0. The summed E-state index contributed by atoms with van der Waals surface area (Å²) in [4.78, 5) is 5.25. The highest BCUT2D eigenvalue weighted by Gasteiger charge is 2.54. The van der Waals surface area contributed by atoms with E-state index in [0.717, 1.165) is 22.7 Å². The Hall–Kier alpha value is -11.0. The van der Waals surface area contributed by atoms with Crippen molar-refractivity contribution in [2.24, 2.45) is 0 Å². The van der Waals surface area contributed by atoms with Crippen molar-refractivity contribution in [1.82, 2.24) is 9.13 Å². The Morgan fingerprint density at radius 3 is 0.901 bits per heavy atom. The van der Waals surface area contributed by atoms with Crippen molar-refractivity contribution in [2.75, 3.05) is 14.5 Å². The first-order valence-corrected chi connectivity index (χ1v) is 36.2. The lowest BCUT2D eigenvalue weighted by Crippen LogP contribution is -2.74. The first kappa shape index (κ1) is 61.1. The highest BCUT2D eigenvalue weighted by atomic mass is 15.2. The summed E-state index contributed by atoms with van der Waals surface area (Å²) in [6, 6.07) is 105. The molecule has 0 saturated carbocycles. The van der Waals surface area contributed by atoms with Crippen LogP contribution in [-0.2, 0) is 21.7 Å². The predicted molar refractivity (Wildman–Crippen MR) is 434 cm³/mol. The minimum absolute atomic E-state index is 0.0484. The molecule has 4 aliphatic rings. The summed E-state index contributed by atoms with van der Waals surface area (Å²) < 4.78 is 8.07. The van der Waals surface area contributed by atoms with Crippen LogP contribution in [0.1, 0.15) is 105 Å². The van der Waals surface area contributed by atoms with Crippen LogP contribution >= 0.6 is 0 Å². The fraction of sp³-hybridized carbons (Fsp3) is 0.170. The maximum absolute atomic E-state index is 2.89. The maximum Gasteiger partial charge on any atom is 0.316 e. The molecule has 4 aliphatic heterocycles. The second kappa shape index (κ2) is 21.7. The van der Waals surface area contributed by atoms with E-state index in [1.165, 1.54) is 161 Å². The van der Waals surface area contributed by atoms with Gasteiger partial charge in [0.2, 0.25) is 0 Å². The van der Waals surface area contributed by atoms with Crippen LogP contribution in [0.3, 0.4) is 0 Å². The van der Waals surface area contributed by atoms with Gasteiger partial charge in [0.15, 0.2) is 0 Å². The normalized spacial score (nSPS) is 13.8. The van der Waals surface area contributed by atoms with E-state index in [0.29, 0.717) is 0 Å². The number of hydrogen-bond acceptors (Lipinski definition) is 3. The van der Waals surface area contributed by atoms with Crippen molar-refractivity contribution < 1.29 is 0 Å². The van der Waals surface area contributed by atoms with Crippen molar-refractivity contribution in [3.8, 4) is 55.9 Å². The van der Waals surface area contributed by atoms with Gasteiger partial charge in [0.05, 0.1) is 33.4 Å². The lowest BCUT2D eigenvalue weighted by Gasteiger charge is -2.53. The van der Waals surface area contributed by atoms with Gasteiger partial charge in [-0.2, -0.15) is 0 Å². The minimum atomic E-state index is -0.228. The minimum Gasteiger partial charge on any atom is -0.444 e. The number of benzene rings is 13. The van der Waals surface area contributed by atoms with E-state index < -0.39 is 0 Å². The van der Waals surface area contributed by atoms with Gasteiger partial charge in [-0.05, 0) is 185 Å². The monoisotopic (exact) mass is 1300 g/mol. The molecule has 0 amide bonds. The Morgan fingerprint density at radius 1 is 0.248 bits per heavy atom. The highest BCUT2D eigenvalue weighted by Crippen LogP contribution is 2.55. The number of para-hydroxylation sites is 5. The number of fused-ring (bicyclic) bond motifs is 14. The molecule has 0 atom stereocenters. The smallest absolute Gasteiger partial charge is 0.316 e. The molecule has 19 rings (SSSR count). The van der Waals surface area contributed by atoms with Crippen LogP contribution in [0.5, 0.6) is 0 Å². The lowest BCUT2D eigenvalue weighted by molar-refractivity contribution is 0.590. The summed E-state index contributed by atoms with van der Waals surface area (Å²) in [7, 11) is 0. The summed E-state index contributed by atoms with van der Waals surface area (Å²) in [5.74, 6) is 0. The zero-order chi connectivity index (χ0) is 68.9. The Balaban J connectivity index is 0.951. The third-order valence-electron chi connectivity index (χ3n) is 22.7. The topological polar surface area (TPSA) is 19.6 Å². The molecule has 5 nitrogen and oxygen atoms in total. The van der Waals surface area contributed by atoms with Gasteiger partial charge < -0.3 is 23.7 Å². The molecular formula is C94H81B2N5. The third-order valence-corrected chi connectivity index (χ3v) is 22.7. The first-order chi connectivity index (χ1) is 48.7. The molecule has 101 heavy (non-hydrogen) atoms. The molecule has 0 bridgehead atoms. The van der Waals surface area contributed by atoms with Crippen LogP contribution in [0, 0.1) is 0 Å². The number of aromatic nitrogens is 2. The van der Waals surface area contributed by atoms with Crippen molar-refractivity contribution in [2.45, 2.75) is 105 Å². The van der Waals surface area contributed by atoms with Crippen LogP contribution < -0.4 is 36.4 Å². The van der Waals surface area contributed by atoms with Crippen molar-refractivity contribution >= 4 is 119 Å². The van der Waals surface area contributed by atoms with E-state index >= 15 is 0 Å². The molecule has 13 aromatic carbocycles. The van der Waals surface area contributed by atoms with Crippen LogP contribution in [0.25, 0.3) is 99.5 Å². The molecule has 0 radical (unpaired) electrons. The molecule has 488 valence electrons.